The molecule has 0 spiro atoms. The Morgan fingerprint density at radius 2 is 1.78 bits per heavy atom. The van der Waals surface area contributed by atoms with Crippen molar-refractivity contribution in [1.82, 2.24) is 4.90 Å². The van der Waals surface area contributed by atoms with Crippen molar-refractivity contribution in [2.45, 2.75) is 31.9 Å². The maximum Gasteiger partial charge on any atom is 0.404 e. The Labute approximate surface area is 184 Å². The van der Waals surface area contributed by atoms with Gasteiger partial charge in [-0.3, -0.25) is 9.52 Å². The molecule has 2 aromatic carbocycles. The van der Waals surface area contributed by atoms with E-state index in [2.05, 4.69) is 6.07 Å². The van der Waals surface area contributed by atoms with Gasteiger partial charge in [0.05, 0.1) is 11.6 Å². The highest BCUT2D eigenvalue weighted by Crippen LogP contribution is 2.30. The number of nitrogens with zero attached hydrogens (tertiary/aromatic N) is 2. The van der Waals surface area contributed by atoms with E-state index < -0.39 is 22.0 Å². The number of alkyl halides is 3. The molecule has 1 fully saturated rings. The van der Waals surface area contributed by atoms with E-state index >= 15 is 0 Å². The minimum atomic E-state index is -4.87. The molecule has 0 radical (unpaired) electrons. The Hall–Kier alpha value is -3.06. The van der Waals surface area contributed by atoms with E-state index in [-0.39, 0.29) is 23.1 Å². The molecule has 2 aromatic rings. The molecule has 0 unspecified atom stereocenters. The summed E-state index contributed by atoms with van der Waals surface area (Å²) in [6.07, 6.45) is -3.41. The van der Waals surface area contributed by atoms with Gasteiger partial charge in [0, 0.05) is 24.3 Å². The lowest BCUT2D eigenvalue weighted by atomic mass is 9.88. The van der Waals surface area contributed by atoms with Crippen LogP contribution < -0.4 is 4.72 Å². The van der Waals surface area contributed by atoms with Crippen LogP contribution in [0.5, 0.6) is 0 Å². The fraction of sp³-hybridized carbons (Fsp3) is 0.364. The first-order valence-electron chi connectivity index (χ1n) is 9.94. The molecule has 0 bridgehead atoms. The molecular weight excluding hydrogens is 443 g/mol. The van der Waals surface area contributed by atoms with Crippen LogP contribution in [0, 0.1) is 18.3 Å². The number of benzene rings is 2. The van der Waals surface area contributed by atoms with Gasteiger partial charge < -0.3 is 4.90 Å². The van der Waals surface area contributed by atoms with E-state index in [1.54, 1.807) is 24.0 Å². The molecule has 0 aromatic heterocycles. The number of sulfonamides is 1. The number of piperidine rings is 1. The minimum Gasteiger partial charge on any atom is -0.339 e. The van der Waals surface area contributed by atoms with Crippen LogP contribution in [0.4, 0.5) is 18.9 Å². The van der Waals surface area contributed by atoms with E-state index in [4.69, 9.17) is 5.26 Å². The van der Waals surface area contributed by atoms with Crippen molar-refractivity contribution in [3.05, 3.63) is 64.7 Å². The van der Waals surface area contributed by atoms with Crippen LogP contribution in [-0.4, -0.2) is 44.2 Å². The van der Waals surface area contributed by atoms with Gasteiger partial charge in [-0.15, -0.1) is 0 Å². The van der Waals surface area contributed by atoms with Crippen molar-refractivity contribution in [3.63, 3.8) is 0 Å². The van der Waals surface area contributed by atoms with Gasteiger partial charge in [-0.2, -0.15) is 18.4 Å². The molecule has 1 amide bonds. The lowest BCUT2D eigenvalue weighted by Crippen LogP contribution is -2.38. The number of carbonyl (C=O) groups is 1. The van der Waals surface area contributed by atoms with Crippen molar-refractivity contribution in [1.29, 1.82) is 5.26 Å². The highest BCUT2D eigenvalue weighted by molar-refractivity contribution is 7.92. The standard InChI is InChI=1S/C22H22F3N3O3S/c1-15-2-7-19(27-32(30,31)14-22(23,24)25)12-20(15)21(29)28-10-8-18(9-11-28)17-5-3-16(13-26)4-6-17/h2-7,12,18,27H,8-11,14H2,1H3. The van der Waals surface area contributed by atoms with Crippen molar-refractivity contribution in [2.75, 3.05) is 23.6 Å². The summed E-state index contributed by atoms with van der Waals surface area (Å²) in [5.74, 6) is -2.04. The van der Waals surface area contributed by atoms with E-state index in [0.29, 0.717) is 24.2 Å². The molecule has 0 aliphatic carbocycles. The van der Waals surface area contributed by atoms with Gasteiger partial charge in [0.25, 0.3) is 5.91 Å². The van der Waals surface area contributed by atoms with Crippen LogP contribution in [0.3, 0.4) is 0 Å². The second-order valence-electron chi connectivity index (χ2n) is 7.81. The summed E-state index contributed by atoms with van der Waals surface area (Å²) in [6.45, 7) is 2.67. The Kier molecular flexibility index (Phi) is 6.79. The Balaban J connectivity index is 1.68. The average Bonchev–Trinajstić information content (AvgIpc) is 2.73. The van der Waals surface area contributed by atoms with Crippen LogP contribution >= 0.6 is 0 Å². The van der Waals surface area contributed by atoms with Crippen LogP contribution in [-0.2, 0) is 10.0 Å². The summed E-state index contributed by atoms with van der Waals surface area (Å²) in [5, 5.41) is 8.91. The Morgan fingerprint density at radius 3 is 2.34 bits per heavy atom. The second kappa shape index (κ2) is 9.20. The normalized spacial score (nSPS) is 15.3. The second-order valence-corrected chi connectivity index (χ2v) is 9.53. The van der Waals surface area contributed by atoms with Crippen LogP contribution in [0.25, 0.3) is 0 Å². The number of nitrogens with one attached hydrogen (secondary N) is 1. The summed E-state index contributed by atoms with van der Waals surface area (Å²) < 4.78 is 62.8. The number of likely N-dealkylation sites (tertiary alicyclic amines) is 1. The molecule has 1 aliphatic rings. The maximum absolute atomic E-state index is 13.0. The summed E-state index contributed by atoms with van der Waals surface area (Å²) in [5.41, 5.74) is 2.45. The van der Waals surface area contributed by atoms with Gasteiger partial charge in [-0.05, 0) is 61.1 Å². The number of hydrogen-bond acceptors (Lipinski definition) is 4. The minimum absolute atomic E-state index is 0.0873. The Bertz CT molecular complexity index is 1130. The zero-order chi connectivity index (χ0) is 23.5. The number of aryl methyl sites for hydroxylation is 1. The van der Waals surface area contributed by atoms with Crippen LogP contribution in [0.15, 0.2) is 42.5 Å². The maximum atomic E-state index is 13.0. The first-order valence-corrected chi connectivity index (χ1v) is 11.6. The van der Waals surface area contributed by atoms with E-state index in [0.717, 1.165) is 18.4 Å². The molecule has 6 nitrogen and oxygen atoms in total. The molecule has 0 saturated carbocycles. The molecule has 32 heavy (non-hydrogen) atoms. The third-order valence-corrected chi connectivity index (χ3v) is 6.64. The first kappa shape index (κ1) is 23.6. The van der Waals surface area contributed by atoms with Gasteiger partial charge >= 0.3 is 6.18 Å². The zero-order valence-electron chi connectivity index (χ0n) is 17.3. The van der Waals surface area contributed by atoms with Gasteiger partial charge in [-0.25, -0.2) is 8.42 Å². The number of anilines is 1. The highest BCUT2D eigenvalue weighted by Gasteiger charge is 2.35. The predicted octanol–water partition coefficient (Wildman–Crippen LogP) is 4.19. The predicted molar refractivity (Wildman–Crippen MR) is 114 cm³/mol. The highest BCUT2D eigenvalue weighted by atomic mass is 32.2. The number of hydrogen-bond donors (Lipinski definition) is 1. The van der Waals surface area contributed by atoms with Crippen molar-refractivity contribution in [3.8, 4) is 6.07 Å². The summed E-state index contributed by atoms with van der Waals surface area (Å²) in [6, 6.07) is 13.6. The van der Waals surface area contributed by atoms with Crippen LogP contribution in [0.1, 0.15) is 45.8 Å². The molecule has 170 valence electrons. The van der Waals surface area contributed by atoms with E-state index in [1.165, 1.54) is 18.2 Å². The number of rotatable bonds is 5. The molecule has 0 atom stereocenters. The molecule has 1 aliphatic heterocycles. The quantitative estimate of drug-likeness (QED) is 0.717. The molecule has 3 rings (SSSR count). The van der Waals surface area contributed by atoms with E-state index in [1.807, 2.05) is 16.9 Å². The van der Waals surface area contributed by atoms with Gasteiger partial charge in [0.15, 0.2) is 5.75 Å². The molecule has 10 heteroatoms. The van der Waals surface area contributed by atoms with Gasteiger partial charge in [0.1, 0.15) is 0 Å². The van der Waals surface area contributed by atoms with Crippen molar-refractivity contribution < 1.29 is 26.4 Å². The largest absolute Gasteiger partial charge is 0.404 e. The summed E-state index contributed by atoms with van der Waals surface area (Å²) in [4.78, 5) is 14.7. The van der Waals surface area contributed by atoms with Gasteiger partial charge in [-0.1, -0.05) is 18.2 Å². The lowest BCUT2D eigenvalue weighted by Gasteiger charge is -2.32. The summed E-state index contributed by atoms with van der Waals surface area (Å²) >= 11 is 0. The number of carbonyl (C=O) groups excluding carboxylic acids is 1. The zero-order valence-corrected chi connectivity index (χ0v) is 18.1. The fourth-order valence-electron chi connectivity index (χ4n) is 3.76. The Morgan fingerprint density at radius 1 is 1.16 bits per heavy atom. The number of halogens is 3. The third-order valence-electron chi connectivity index (χ3n) is 5.39. The topological polar surface area (TPSA) is 90.3 Å². The molecule has 1 saturated heterocycles. The smallest absolute Gasteiger partial charge is 0.339 e. The molecule has 1 N–H and O–H groups in total. The number of amides is 1. The average molecular weight is 465 g/mol. The van der Waals surface area contributed by atoms with Gasteiger partial charge in [0.2, 0.25) is 10.0 Å². The SMILES string of the molecule is Cc1ccc(NS(=O)(=O)CC(F)(F)F)cc1C(=O)N1CCC(c2ccc(C#N)cc2)CC1. The molecular formula is C22H22F3N3O3S. The van der Waals surface area contributed by atoms with Crippen molar-refractivity contribution >= 4 is 21.6 Å². The lowest BCUT2D eigenvalue weighted by molar-refractivity contribution is -0.106. The number of nitriles is 1. The monoisotopic (exact) mass is 465 g/mol. The van der Waals surface area contributed by atoms with Crippen molar-refractivity contribution in [2.24, 2.45) is 0 Å². The first-order chi connectivity index (χ1) is 15.0. The summed E-state index contributed by atoms with van der Waals surface area (Å²) in [7, 11) is -4.64. The fourth-order valence-corrected chi connectivity index (χ4v) is 4.75. The van der Waals surface area contributed by atoms with Crippen LogP contribution in [0.2, 0.25) is 0 Å². The third kappa shape index (κ3) is 6.01. The van der Waals surface area contributed by atoms with E-state index in [9.17, 15) is 26.4 Å². The molecule has 1 heterocycles.